The van der Waals surface area contributed by atoms with E-state index < -0.39 is 0 Å². The topological polar surface area (TPSA) is 79.6 Å². The van der Waals surface area contributed by atoms with Crippen LogP contribution in [0.4, 0.5) is 11.8 Å². The molecule has 0 saturated carbocycles. The molecule has 2 rings (SSSR count). The number of nitrogens with two attached hydrogens (primary N) is 1. The molecule has 4 N–H and O–H groups in total. The van der Waals surface area contributed by atoms with Crippen molar-refractivity contribution in [2.75, 3.05) is 11.1 Å². The molecule has 0 saturated heterocycles. The van der Waals surface area contributed by atoms with Crippen LogP contribution in [0.5, 0.6) is 0 Å². The van der Waals surface area contributed by atoms with Crippen molar-refractivity contribution in [2.45, 2.75) is 6.92 Å². The number of H-pyrrole nitrogens is 1. The molecule has 0 radical (unpaired) electrons. The van der Waals surface area contributed by atoms with Gasteiger partial charge in [-0.1, -0.05) is 24.3 Å². The number of rotatable bonds is 3. The van der Waals surface area contributed by atoms with E-state index in [4.69, 9.17) is 17.3 Å². The highest BCUT2D eigenvalue weighted by molar-refractivity contribution is 6.36. The molecule has 88 valence electrons. The summed E-state index contributed by atoms with van der Waals surface area (Å²) in [6.07, 6.45) is 5.16. The average Bonchev–Trinajstić information content (AvgIpc) is 2.68. The average molecular weight is 250 g/mol. The summed E-state index contributed by atoms with van der Waals surface area (Å²) in [6, 6.07) is 0. The first kappa shape index (κ1) is 11.5. The zero-order valence-corrected chi connectivity index (χ0v) is 10.0. The highest BCUT2D eigenvalue weighted by atomic mass is 35.5. The predicted octanol–water partition coefficient (Wildman–Crippen LogP) is 2.70. The van der Waals surface area contributed by atoms with Gasteiger partial charge in [0.15, 0.2) is 0 Å². The van der Waals surface area contributed by atoms with E-state index in [0.29, 0.717) is 27.8 Å². The molecule has 0 amide bonds. The van der Waals surface area contributed by atoms with Crippen molar-refractivity contribution < 1.29 is 0 Å². The SMILES string of the molecule is C=CC(=CC)Nc1nc(N)c2c(Cl)c[nH]c2n1. The van der Waals surface area contributed by atoms with Gasteiger partial charge < -0.3 is 16.0 Å². The van der Waals surface area contributed by atoms with Crippen LogP contribution in [0.25, 0.3) is 11.0 Å². The van der Waals surface area contributed by atoms with Gasteiger partial charge in [-0.15, -0.1) is 0 Å². The summed E-state index contributed by atoms with van der Waals surface area (Å²) in [4.78, 5) is 11.3. The second-order valence-corrected chi connectivity index (χ2v) is 3.77. The molecule has 0 aliphatic heterocycles. The van der Waals surface area contributed by atoms with Gasteiger partial charge in [-0.2, -0.15) is 9.97 Å². The fourth-order valence-corrected chi connectivity index (χ4v) is 1.69. The normalized spacial score (nSPS) is 11.8. The number of nitrogens with zero attached hydrogens (tertiary/aromatic N) is 2. The molecule has 2 heterocycles. The van der Waals surface area contributed by atoms with Crippen LogP contribution < -0.4 is 11.1 Å². The first-order valence-electron chi connectivity index (χ1n) is 5.01. The molecule has 0 fully saturated rings. The van der Waals surface area contributed by atoms with Crippen LogP contribution >= 0.6 is 11.6 Å². The zero-order chi connectivity index (χ0) is 12.4. The Bertz CT molecular complexity index is 599. The molecule has 2 aromatic heterocycles. The molecule has 0 aliphatic carbocycles. The predicted molar refractivity (Wildman–Crippen MR) is 70.9 cm³/mol. The van der Waals surface area contributed by atoms with Gasteiger partial charge in [0.1, 0.15) is 11.5 Å². The van der Waals surface area contributed by atoms with Gasteiger partial charge >= 0.3 is 0 Å². The van der Waals surface area contributed by atoms with Gasteiger partial charge in [0.2, 0.25) is 5.95 Å². The molecule has 17 heavy (non-hydrogen) atoms. The smallest absolute Gasteiger partial charge is 0.231 e. The number of nitrogen functional groups attached to an aromatic ring is 1. The lowest BCUT2D eigenvalue weighted by Gasteiger charge is -2.06. The summed E-state index contributed by atoms with van der Waals surface area (Å²) in [5, 5.41) is 4.15. The fourth-order valence-electron chi connectivity index (χ4n) is 1.45. The van der Waals surface area contributed by atoms with Crippen LogP contribution in [0.2, 0.25) is 5.02 Å². The number of nitrogens with one attached hydrogen (secondary N) is 2. The van der Waals surface area contributed by atoms with Crippen LogP contribution in [-0.2, 0) is 0 Å². The summed E-state index contributed by atoms with van der Waals surface area (Å²) in [5.41, 5.74) is 7.23. The highest BCUT2D eigenvalue weighted by Crippen LogP contribution is 2.27. The maximum absolute atomic E-state index is 5.95. The van der Waals surface area contributed by atoms with Crippen molar-refractivity contribution in [2.24, 2.45) is 0 Å². The van der Waals surface area contributed by atoms with Gasteiger partial charge in [0.05, 0.1) is 10.4 Å². The number of allylic oxidation sites excluding steroid dienone is 2. The monoisotopic (exact) mass is 249 g/mol. The molecular weight excluding hydrogens is 238 g/mol. The first-order chi connectivity index (χ1) is 8.15. The van der Waals surface area contributed by atoms with Crippen LogP contribution in [0.3, 0.4) is 0 Å². The second-order valence-electron chi connectivity index (χ2n) is 3.37. The molecule has 0 aromatic carbocycles. The largest absolute Gasteiger partial charge is 0.383 e. The number of hydrogen-bond donors (Lipinski definition) is 3. The standard InChI is InChI=1S/C11H12ClN5/c1-3-6(4-2)15-11-16-9(13)8-7(12)5-14-10(8)17-11/h3-5H,1H2,2H3,(H4,13,14,15,16,17). The Balaban J connectivity index is 2.47. The second kappa shape index (κ2) is 4.47. The Hall–Kier alpha value is -2.01. The Labute approximate surface area is 103 Å². The Morgan fingerprint density at radius 2 is 2.35 bits per heavy atom. The number of fused-ring (bicyclic) bond motifs is 1. The number of aromatic amines is 1. The summed E-state index contributed by atoms with van der Waals surface area (Å²) in [6.45, 7) is 5.56. The van der Waals surface area contributed by atoms with E-state index in [0.717, 1.165) is 5.70 Å². The van der Waals surface area contributed by atoms with Crippen molar-refractivity contribution in [3.63, 3.8) is 0 Å². The number of halogens is 1. The third-order valence-corrected chi connectivity index (χ3v) is 2.60. The third-order valence-electron chi connectivity index (χ3n) is 2.30. The lowest BCUT2D eigenvalue weighted by atomic mass is 10.4. The molecule has 2 aromatic rings. The Morgan fingerprint density at radius 3 is 3.00 bits per heavy atom. The van der Waals surface area contributed by atoms with Gasteiger partial charge in [-0.05, 0) is 13.0 Å². The third kappa shape index (κ3) is 2.09. The highest BCUT2D eigenvalue weighted by Gasteiger charge is 2.10. The Kier molecular flexibility index (Phi) is 3.01. The van der Waals surface area contributed by atoms with E-state index in [9.17, 15) is 0 Å². The van der Waals surface area contributed by atoms with E-state index in [1.165, 1.54) is 0 Å². The van der Waals surface area contributed by atoms with Gasteiger partial charge in [0.25, 0.3) is 0 Å². The van der Waals surface area contributed by atoms with Gasteiger partial charge in [0, 0.05) is 11.9 Å². The van der Waals surface area contributed by atoms with Crippen LogP contribution in [-0.4, -0.2) is 15.0 Å². The van der Waals surface area contributed by atoms with Crippen LogP contribution in [0.15, 0.2) is 30.6 Å². The summed E-state index contributed by atoms with van der Waals surface area (Å²) < 4.78 is 0. The molecule has 0 aliphatic rings. The van der Waals surface area contributed by atoms with Gasteiger partial charge in [-0.25, -0.2) is 0 Å². The Morgan fingerprint density at radius 1 is 1.59 bits per heavy atom. The molecule has 6 heteroatoms. The molecule has 5 nitrogen and oxygen atoms in total. The first-order valence-corrected chi connectivity index (χ1v) is 5.39. The fraction of sp³-hybridized carbons (Fsp3) is 0.0909. The van der Waals surface area contributed by atoms with E-state index >= 15 is 0 Å². The quantitative estimate of drug-likeness (QED) is 0.731. The molecule has 0 atom stereocenters. The molecule has 0 unspecified atom stereocenters. The van der Waals surface area contributed by atoms with E-state index in [1.807, 2.05) is 13.0 Å². The van der Waals surface area contributed by atoms with Gasteiger partial charge in [-0.3, -0.25) is 0 Å². The van der Waals surface area contributed by atoms with Crippen LogP contribution in [0, 0.1) is 0 Å². The maximum atomic E-state index is 5.95. The van der Waals surface area contributed by atoms with Crippen molar-refractivity contribution in [1.82, 2.24) is 15.0 Å². The molecule has 0 spiro atoms. The number of anilines is 2. The maximum Gasteiger partial charge on any atom is 0.231 e. The summed E-state index contributed by atoms with van der Waals surface area (Å²) in [7, 11) is 0. The van der Waals surface area contributed by atoms with Crippen molar-refractivity contribution >= 4 is 34.4 Å². The molecule has 0 bridgehead atoms. The summed E-state index contributed by atoms with van der Waals surface area (Å²) in [5.74, 6) is 0.741. The lowest BCUT2D eigenvalue weighted by Crippen LogP contribution is -2.04. The number of hydrogen-bond acceptors (Lipinski definition) is 4. The zero-order valence-electron chi connectivity index (χ0n) is 9.29. The molecular formula is C11H12ClN5. The van der Waals surface area contributed by atoms with Crippen LogP contribution in [0.1, 0.15) is 6.92 Å². The minimum Gasteiger partial charge on any atom is -0.383 e. The van der Waals surface area contributed by atoms with Crippen molar-refractivity contribution in [3.8, 4) is 0 Å². The number of aromatic nitrogens is 3. The minimum absolute atomic E-state index is 0.336. The van der Waals surface area contributed by atoms with Crippen molar-refractivity contribution in [1.29, 1.82) is 0 Å². The van der Waals surface area contributed by atoms with E-state index in [1.54, 1.807) is 12.3 Å². The minimum atomic E-state index is 0.336. The van der Waals surface area contributed by atoms with Crippen molar-refractivity contribution in [3.05, 3.63) is 35.6 Å². The van der Waals surface area contributed by atoms with E-state index in [-0.39, 0.29) is 0 Å². The lowest BCUT2D eigenvalue weighted by molar-refractivity contribution is 1.18. The summed E-state index contributed by atoms with van der Waals surface area (Å²) >= 11 is 5.95. The van der Waals surface area contributed by atoms with E-state index in [2.05, 4.69) is 26.8 Å².